The number of aliphatic hydroxyl groups excluding tert-OH is 1. The van der Waals surface area contributed by atoms with Crippen LogP contribution < -0.4 is 0 Å². The van der Waals surface area contributed by atoms with Crippen molar-refractivity contribution in [1.82, 2.24) is 0 Å². The second-order valence-corrected chi connectivity index (χ2v) is 5.91. The summed E-state index contributed by atoms with van der Waals surface area (Å²) in [6, 6.07) is 0. The van der Waals surface area contributed by atoms with Crippen LogP contribution in [-0.2, 0) is 4.79 Å². The maximum absolute atomic E-state index is 10.3. The number of aliphatic hydroxyl groups is 1. The molecule has 0 aromatic heterocycles. The molecule has 0 spiro atoms. The van der Waals surface area contributed by atoms with Crippen molar-refractivity contribution in [2.24, 2.45) is 0 Å². The Labute approximate surface area is 158 Å². The number of aliphatic carboxylic acids is 1. The Morgan fingerprint density at radius 2 is 1.59 bits per heavy atom. The second-order valence-electron chi connectivity index (χ2n) is 5.91. The van der Waals surface area contributed by atoms with Crippen molar-refractivity contribution in [2.75, 3.05) is 0 Å². The van der Waals surface area contributed by atoms with E-state index in [-0.39, 0.29) is 35.7 Å². The van der Waals surface area contributed by atoms with Gasteiger partial charge >= 0.3 is 5.97 Å². The van der Waals surface area contributed by atoms with E-state index in [2.05, 4.69) is 19.1 Å². The number of hydrogen-bond donors (Lipinski definition) is 2. The zero-order valence-corrected chi connectivity index (χ0v) is 16.7. The Balaban J connectivity index is 0. The number of hydrogen-bond acceptors (Lipinski definition) is 2. The first-order chi connectivity index (χ1) is 10.2. The number of carbonyl (C=O) groups is 1. The van der Waals surface area contributed by atoms with E-state index in [4.69, 9.17) is 5.11 Å². The molecule has 1 atom stereocenters. The fourth-order valence-electron chi connectivity index (χ4n) is 2.36. The summed E-state index contributed by atoms with van der Waals surface area (Å²) in [5.41, 5.74) is 0. The monoisotopic (exact) mass is 321 g/mol. The molecule has 2 N–H and O–H groups in total. The predicted molar refractivity (Wildman–Crippen MR) is 94.2 cm³/mol. The third kappa shape index (κ3) is 20.2. The van der Waals surface area contributed by atoms with E-state index >= 15 is 0 Å². The first-order valence-corrected chi connectivity index (χ1v) is 8.71. The fourth-order valence-corrected chi connectivity index (χ4v) is 2.36. The molecule has 1 radical (unpaired) electrons. The topological polar surface area (TPSA) is 57.5 Å². The van der Waals surface area contributed by atoms with Crippen LogP contribution in [0.25, 0.3) is 0 Å². The van der Waals surface area contributed by atoms with Crippen LogP contribution in [0.4, 0.5) is 0 Å². The summed E-state index contributed by atoms with van der Waals surface area (Å²) >= 11 is 0. The first-order valence-electron chi connectivity index (χ1n) is 8.71. The van der Waals surface area contributed by atoms with Crippen molar-refractivity contribution in [3.8, 4) is 0 Å². The van der Waals surface area contributed by atoms with Crippen molar-refractivity contribution in [3.05, 3.63) is 12.2 Å². The second kappa shape index (κ2) is 19.2. The molecule has 0 aliphatic heterocycles. The van der Waals surface area contributed by atoms with Gasteiger partial charge in [-0.25, -0.2) is 0 Å². The summed E-state index contributed by atoms with van der Waals surface area (Å²) in [7, 11) is 0. The number of carboxylic acids is 1. The van der Waals surface area contributed by atoms with Gasteiger partial charge in [-0.15, -0.1) is 0 Å². The molecular formula is C18H34NaO3. The molecule has 3 nitrogen and oxygen atoms in total. The molecule has 0 heterocycles. The van der Waals surface area contributed by atoms with Gasteiger partial charge in [-0.05, 0) is 32.1 Å². The van der Waals surface area contributed by atoms with Gasteiger partial charge in [0.2, 0.25) is 0 Å². The molecule has 125 valence electrons. The molecule has 0 rings (SSSR count). The van der Waals surface area contributed by atoms with Crippen LogP contribution in [0, 0.1) is 0 Å². The zero-order chi connectivity index (χ0) is 15.8. The summed E-state index contributed by atoms with van der Waals surface area (Å²) in [6.07, 6.45) is 17.4. The summed E-state index contributed by atoms with van der Waals surface area (Å²) in [4.78, 5) is 10.3. The molecule has 1 unspecified atom stereocenters. The molecule has 0 saturated heterocycles. The van der Waals surface area contributed by atoms with Gasteiger partial charge in [-0.1, -0.05) is 64.0 Å². The fraction of sp³-hybridized carbons (Fsp3) is 0.833. The number of unbranched alkanes of at least 4 members (excludes halogenated alkanes) is 8. The molecule has 22 heavy (non-hydrogen) atoms. The molecule has 0 fully saturated rings. The maximum Gasteiger partial charge on any atom is 0.303 e. The van der Waals surface area contributed by atoms with E-state index in [1.165, 1.54) is 25.7 Å². The Kier molecular flexibility index (Phi) is 21.3. The Morgan fingerprint density at radius 3 is 2.27 bits per heavy atom. The summed E-state index contributed by atoms with van der Waals surface area (Å²) in [5.74, 6) is -0.689. The summed E-state index contributed by atoms with van der Waals surface area (Å²) < 4.78 is 0. The van der Waals surface area contributed by atoms with Gasteiger partial charge in [0.15, 0.2) is 0 Å². The molecule has 4 heteroatoms. The number of rotatable bonds is 15. The average Bonchev–Trinajstić information content (AvgIpc) is 2.45. The quantitative estimate of drug-likeness (QED) is 0.261. The smallest absolute Gasteiger partial charge is 0.303 e. The Morgan fingerprint density at radius 1 is 0.955 bits per heavy atom. The largest absolute Gasteiger partial charge is 0.481 e. The standard InChI is InChI=1S/C18H34O3.Na/c1-2-3-4-11-14-17(19)15-12-9-7-5-6-8-10-13-16-18(20)21;/h9,12,17,19H,2-8,10-11,13-16H2,1H3,(H,20,21);/b12-9+;. The van der Waals surface area contributed by atoms with Crippen LogP contribution in [0.3, 0.4) is 0 Å². The van der Waals surface area contributed by atoms with Gasteiger partial charge < -0.3 is 10.2 Å². The van der Waals surface area contributed by atoms with Crippen LogP contribution in [-0.4, -0.2) is 51.8 Å². The molecule has 0 aromatic carbocycles. The molecular weight excluding hydrogens is 287 g/mol. The molecule has 0 aliphatic carbocycles. The number of carboxylic acid groups (broad SMARTS) is 1. The van der Waals surface area contributed by atoms with E-state index in [9.17, 15) is 9.90 Å². The Hall–Kier alpha value is 0.170. The minimum absolute atomic E-state index is 0. The van der Waals surface area contributed by atoms with E-state index in [1.54, 1.807) is 0 Å². The minimum Gasteiger partial charge on any atom is -0.481 e. The van der Waals surface area contributed by atoms with E-state index in [0.717, 1.165) is 51.4 Å². The third-order valence-corrected chi connectivity index (χ3v) is 3.73. The van der Waals surface area contributed by atoms with Gasteiger partial charge in [0.25, 0.3) is 0 Å². The average molecular weight is 321 g/mol. The summed E-state index contributed by atoms with van der Waals surface area (Å²) in [5, 5.41) is 18.3. The summed E-state index contributed by atoms with van der Waals surface area (Å²) in [6.45, 7) is 2.20. The minimum atomic E-state index is -0.689. The maximum atomic E-state index is 10.3. The molecule has 0 saturated carbocycles. The molecule has 0 bridgehead atoms. The van der Waals surface area contributed by atoms with Crippen molar-refractivity contribution >= 4 is 35.5 Å². The van der Waals surface area contributed by atoms with Gasteiger partial charge in [0.1, 0.15) is 0 Å². The van der Waals surface area contributed by atoms with Crippen molar-refractivity contribution in [3.63, 3.8) is 0 Å². The van der Waals surface area contributed by atoms with E-state index in [1.807, 2.05) is 0 Å². The SMILES string of the molecule is CCCCCCC(O)C/C=C/CCCCCCCC(=O)O.[Na]. The van der Waals surface area contributed by atoms with Gasteiger partial charge in [0, 0.05) is 36.0 Å². The van der Waals surface area contributed by atoms with E-state index < -0.39 is 5.97 Å². The van der Waals surface area contributed by atoms with E-state index in [0.29, 0.717) is 6.42 Å². The third-order valence-electron chi connectivity index (χ3n) is 3.73. The first kappa shape index (κ1) is 24.4. The Bertz CT molecular complexity index is 267. The predicted octanol–water partition coefficient (Wildman–Crippen LogP) is 4.70. The van der Waals surface area contributed by atoms with Crippen LogP contribution in [0.15, 0.2) is 12.2 Å². The van der Waals surface area contributed by atoms with Crippen LogP contribution in [0.2, 0.25) is 0 Å². The van der Waals surface area contributed by atoms with Crippen LogP contribution in [0.1, 0.15) is 90.4 Å². The van der Waals surface area contributed by atoms with Gasteiger partial charge in [0.05, 0.1) is 6.10 Å². The van der Waals surface area contributed by atoms with Gasteiger partial charge in [-0.2, -0.15) is 0 Å². The van der Waals surface area contributed by atoms with Crippen LogP contribution in [0.5, 0.6) is 0 Å². The molecule has 0 amide bonds. The van der Waals surface area contributed by atoms with Crippen LogP contribution >= 0.6 is 0 Å². The zero-order valence-electron chi connectivity index (χ0n) is 14.7. The number of allylic oxidation sites excluding steroid dienone is 1. The van der Waals surface area contributed by atoms with Crippen molar-refractivity contribution in [2.45, 2.75) is 96.5 Å². The normalized spacial score (nSPS) is 12.3. The molecule has 0 aliphatic rings. The van der Waals surface area contributed by atoms with Crippen molar-refractivity contribution in [1.29, 1.82) is 0 Å². The molecule has 0 aromatic rings. The van der Waals surface area contributed by atoms with Crippen molar-refractivity contribution < 1.29 is 15.0 Å². The van der Waals surface area contributed by atoms with Gasteiger partial charge in [-0.3, -0.25) is 4.79 Å².